The van der Waals surface area contributed by atoms with E-state index in [-0.39, 0.29) is 6.10 Å². The van der Waals surface area contributed by atoms with E-state index >= 15 is 0 Å². The zero-order valence-electron chi connectivity index (χ0n) is 11.5. The fraction of sp³-hybridized carbons (Fsp3) is 0.625. The Labute approximate surface area is 110 Å². The van der Waals surface area contributed by atoms with E-state index in [1.165, 1.54) is 17.5 Å². The smallest absolute Gasteiger partial charge is 0.0543 e. The highest BCUT2D eigenvalue weighted by molar-refractivity contribution is 5.24. The summed E-state index contributed by atoms with van der Waals surface area (Å²) >= 11 is 0. The predicted octanol–water partition coefficient (Wildman–Crippen LogP) is 3.06. The first-order valence-corrected chi connectivity index (χ1v) is 7.12. The molecule has 1 aromatic carbocycles. The molecule has 0 spiro atoms. The Bertz CT molecular complexity index is 358. The summed E-state index contributed by atoms with van der Waals surface area (Å²) in [4.78, 5) is 0. The van der Waals surface area contributed by atoms with E-state index in [1.54, 1.807) is 0 Å². The summed E-state index contributed by atoms with van der Waals surface area (Å²) in [6.07, 6.45) is 3.07. The molecule has 1 aliphatic carbocycles. The molecule has 0 saturated heterocycles. The van der Waals surface area contributed by atoms with Crippen LogP contribution in [-0.4, -0.2) is 17.8 Å². The molecule has 0 amide bonds. The van der Waals surface area contributed by atoms with Crippen molar-refractivity contribution in [1.29, 1.82) is 0 Å². The molecule has 100 valence electrons. The standard InChI is InChI=1S/C16H25NO/c1-12(2)15-6-3-13(4-7-15)10-17-11-14-5-8-16(18)9-14/h3-4,6-7,12,14,16-18H,5,8-11H2,1-2H3. The van der Waals surface area contributed by atoms with Gasteiger partial charge in [0.1, 0.15) is 0 Å². The zero-order valence-corrected chi connectivity index (χ0v) is 11.5. The highest BCUT2D eigenvalue weighted by Gasteiger charge is 2.21. The van der Waals surface area contributed by atoms with Crippen molar-refractivity contribution < 1.29 is 5.11 Å². The van der Waals surface area contributed by atoms with Crippen LogP contribution >= 0.6 is 0 Å². The molecule has 2 rings (SSSR count). The Balaban J connectivity index is 1.73. The summed E-state index contributed by atoms with van der Waals surface area (Å²) in [7, 11) is 0. The molecule has 2 N–H and O–H groups in total. The van der Waals surface area contributed by atoms with Crippen molar-refractivity contribution in [3.05, 3.63) is 35.4 Å². The summed E-state index contributed by atoms with van der Waals surface area (Å²) < 4.78 is 0. The van der Waals surface area contributed by atoms with E-state index in [1.807, 2.05) is 0 Å². The lowest BCUT2D eigenvalue weighted by atomic mass is 10.0. The molecule has 1 fully saturated rings. The molecule has 0 bridgehead atoms. The highest BCUT2D eigenvalue weighted by atomic mass is 16.3. The van der Waals surface area contributed by atoms with Crippen molar-refractivity contribution in [1.82, 2.24) is 5.32 Å². The van der Waals surface area contributed by atoms with Gasteiger partial charge in [-0.15, -0.1) is 0 Å². The second-order valence-electron chi connectivity index (χ2n) is 5.86. The fourth-order valence-corrected chi connectivity index (χ4v) is 2.67. The average Bonchev–Trinajstić information content (AvgIpc) is 2.76. The quantitative estimate of drug-likeness (QED) is 0.838. The summed E-state index contributed by atoms with van der Waals surface area (Å²) in [5.41, 5.74) is 2.75. The molecule has 0 aromatic heterocycles. The van der Waals surface area contributed by atoms with Crippen molar-refractivity contribution in [2.75, 3.05) is 6.54 Å². The van der Waals surface area contributed by atoms with Gasteiger partial charge in [-0.3, -0.25) is 0 Å². The van der Waals surface area contributed by atoms with Crippen molar-refractivity contribution in [3.8, 4) is 0 Å². The van der Waals surface area contributed by atoms with Gasteiger partial charge in [0.2, 0.25) is 0 Å². The number of hydrogen-bond acceptors (Lipinski definition) is 2. The van der Waals surface area contributed by atoms with Crippen LogP contribution in [0.2, 0.25) is 0 Å². The highest BCUT2D eigenvalue weighted by Crippen LogP contribution is 2.24. The van der Waals surface area contributed by atoms with Gasteiger partial charge in [0, 0.05) is 6.54 Å². The van der Waals surface area contributed by atoms with E-state index in [9.17, 15) is 5.11 Å². The van der Waals surface area contributed by atoms with Gasteiger partial charge in [0.05, 0.1) is 6.10 Å². The Kier molecular flexibility index (Phi) is 4.79. The van der Waals surface area contributed by atoms with Crippen LogP contribution in [0.3, 0.4) is 0 Å². The first kappa shape index (κ1) is 13.6. The molecule has 0 aliphatic heterocycles. The average molecular weight is 247 g/mol. The molecular weight excluding hydrogens is 222 g/mol. The molecule has 2 heteroatoms. The van der Waals surface area contributed by atoms with E-state index in [0.717, 1.165) is 25.9 Å². The lowest BCUT2D eigenvalue weighted by Gasteiger charge is -2.11. The first-order valence-electron chi connectivity index (χ1n) is 7.12. The Morgan fingerprint density at radius 3 is 2.50 bits per heavy atom. The number of aliphatic hydroxyl groups excluding tert-OH is 1. The van der Waals surface area contributed by atoms with Gasteiger partial charge in [-0.1, -0.05) is 38.1 Å². The minimum Gasteiger partial charge on any atom is -0.393 e. The maximum atomic E-state index is 9.47. The minimum atomic E-state index is -0.0536. The fourth-order valence-electron chi connectivity index (χ4n) is 2.67. The molecule has 1 saturated carbocycles. The van der Waals surface area contributed by atoms with E-state index in [2.05, 4.69) is 43.4 Å². The van der Waals surface area contributed by atoms with Crippen molar-refractivity contribution in [3.63, 3.8) is 0 Å². The van der Waals surface area contributed by atoms with Crippen LogP contribution in [0, 0.1) is 5.92 Å². The predicted molar refractivity (Wildman–Crippen MR) is 75.6 cm³/mol. The Morgan fingerprint density at radius 2 is 1.94 bits per heavy atom. The van der Waals surface area contributed by atoms with Gasteiger partial charge >= 0.3 is 0 Å². The minimum absolute atomic E-state index is 0.0536. The summed E-state index contributed by atoms with van der Waals surface area (Å²) in [6.45, 7) is 6.41. The van der Waals surface area contributed by atoms with E-state index in [4.69, 9.17) is 0 Å². The van der Waals surface area contributed by atoms with Gasteiger partial charge in [-0.25, -0.2) is 0 Å². The van der Waals surface area contributed by atoms with Crippen molar-refractivity contribution in [2.45, 2.75) is 51.7 Å². The molecule has 1 aromatic rings. The molecule has 0 heterocycles. The van der Waals surface area contributed by atoms with Crippen molar-refractivity contribution in [2.24, 2.45) is 5.92 Å². The lowest BCUT2D eigenvalue weighted by Crippen LogP contribution is -2.21. The van der Waals surface area contributed by atoms with E-state index in [0.29, 0.717) is 11.8 Å². The van der Waals surface area contributed by atoms with E-state index < -0.39 is 0 Å². The second-order valence-corrected chi connectivity index (χ2v) is 5.86. The van der Waals surface area contributed by atoms with Gasteiger partial charge in [0.25, 0.3) is 0 Å². The monoisotopic (exact) mass is 247 g/mol. The molecular formula is C16H25NO. The van der Waals surface area contributed by atoms with Crippen LogP contribution in [-0.2, 0) is 6.54 Å². The normalized spacial score (nSPS) is 23.8. The zero-order chi connectivity index (χ0) is 13.0. The number of aliphatic hydroxyl groups is 1. The number of hydrogen-bond donors (Lipinski definition) is 2. The number of rotatable bonds is 5. The second kappa shape index (κ2) is 6.35. The van der Waals surface area contributed by atoms with Crippen LogP contribution in [0.4, 0.5) is 0 Å². The van der Waals surface area contributed by atoms with Crippen molar-refractivity contribution >= 4 is 0 Å². The van der Waals surface area contributed by atoms with Gasteiger partial charge in [-0.05, 0) is 48.8 Å². The summed E-state index contributed by atoms with van der Waals surface area (Å²) in [6, 6.07) is 8.87. The lowest BCUT2D eigenvalue weighted by molar-refractivity contribution is 0.177. The van der Waals surface area contributed by atoms with Gasteiger partial charge in [0.15, 0.2) is 0 Å². The van der Waals surface area contributed by atoms with Crippen LogP contribution in [0.1, 0.15) is 50.2 Å². The topological polar surface area (TPSA) is 32.3 Å². The first-order chi connectivity index (χ1) is 8.65. The van der Waals surface area contributed by atoms with Crippen LogP contribution in [0.25, 0.3) is 0 Å². The Hall–Kier alpha value is -0.860. The third-order valence-electron chi connectivity index (χ3n) is 3.92. The Morgan fingerprint density at radius 1 is 1.22 bits per heavy atom. The summed E-state index contributed by atoms with van der Waals surface area (Å²) in [5.74, 6) is 1.27. The van der Waals surface area contributed by atoms with Crippen LogP contribution < -0.4 is 5.32 Å². The molecule has 2 nitrogen and oxygen atoms in total. The van der Waals surface area contributed by atoms with Crippen LogP contribution in [0.5, 0.6) is 0 Å². The molecule has 2 atom stereocenters. The molecule has 0 radical (unpaired) electrons. The maximum Gasteiger partial charge on any atom is 0.0543 e. The molecule has 2 unspecified atom stereocenters. The third-order valence-corrected chi connectivity index (χ3v) is 3.92. The third kappa shape index (κ3) is 3.82. The number of nitrogens with one attached hydrogen (secondary N) is 1. The van der Waals surface area contributed by atoms with Gasteiger partial charge < -0.3 is 10.4 Å². The molecule has 1 aliphatic rings. The largest absolute Gasteiger partial charge is 0.393 e. The van der Waals surface area contributed by atoms with Gasteiger partial charge in [-0.2, -0.15) is 0 Å². The SMILES string of the molecule is CC(C)c1ccc(CNCC2CCC(O)C2)cc1. The van der Waals surface area contributed by atoms with Crippen LogP contribution in [0.15, 0.2) is 24.3 Å². The molecule has 18 heavy (non-hydrogen) atoms. The number of benzene rings is 1. The maximum absolute atomic E-state index is 9.47. The summed E-state index contributed by atoms with van der Waals surface area (Å²) in [5, 5.41) is 13.0.